The maximum atomic E-state index is 11.6. The molecule has 3 rings (SSSR count). The van der Waals surface area contributed by atoms with E-state index in [1.54, 1.807) is 12.0 Å². The van der Waals surface area contributed by atoms with Gasteiger partial charge in [-0.3, -0.25) is 4.79 Å². The van der Waals surface area contributed by atoms with Crippen molar-refractivity contribution in [2.24, 2.45) is 0 Å². The highest BCUT2D eigenvalue weighted by Gasteiger charge is 2.22. The summed E-state index contributed by atoms with van der Waals surface area (Å²) >= 11 is 0. The number of nitrogens with zero attached hydrogens (tertiary/aromatic N) is 3. The monoisotopic (exact) mass is 273 g/mol. The zero-order chi connectivity index (χ0) is 13.9. The predicted molar refractivity (Wildman–Crippen MR) is 70.9 cm³/mol. The molecule has 0 unspecified atom stereocenters. The second-order valence-corrected chi connectivity index (χ2v) is 4.66. The predicted octanol–water partition coefficient (Wildman–Crippen LogP) is 1.87. The zero-order valence-electron chi connectivity index (χ0n) is 11.2. The number of likely N-dealkylation sites (tertiary alicyclic amines) is 1. The number of rotatable bonds is 4. The molecule has 6 nitrogen and oxygen atoms in total. The normalized spacial score (nSPS) is 14.8. The van der Waals surface area contributed by atoms with E-state index in [2.05, 4.69) is 10.1 Å². The van der Waals surface area contributed by atoms with Crippen LogP contribution in [0, 0.1) is 0 Å². The summed E-state index contributed by atoms with van der Waals surface area (Å²) in [6.45, 7) is 1.18. The summed E-state index contributed by atoms with van der Waals surface area (Å²) in [5.74, 6) is 1.91. The highest BCUT2D eigenvalue weighted by atomic mass is 16.5. The molecule has 0 radical (unpaired) electrons. The molecule has 1 aromatic carbocycles. The van der Waals surface area contributed by atoms with Crippen LogP contribution in [0.4, 0.5) is 0 Å². The minimum absolute atomic E-state index is 0.154. The fourth-order valence-corrected chi connectivity index (χ4v) is 2.21. The van der Waals surface area contributed by atoms with Crippen molar-refractivity contribution in [2.75, 3.05) is 13.7 Å². The Hall–Kier alpha value is -2.37. The summed E-state index contributed by atoms with van der Waals surface area (Å²) in [5.41, 5.74) is 0.831. The first kappa shape index (κ1) is 12.7. The lowest BCUT2D eigenvalue weighted by Gasteiger charge is -2.11. The Morgan fingerprint density at radius 1 is 1.35 bits per heavy atom. The minimum atomic E-state index is 0.154. The van der Waals surface area contributed by atoms with Gasteiger partial charge in [-0.2, -0.15) is 4.98 Å². The molecular formula is C14H15N3O3. The molecule has 6 heteroatoms. The molecule has 2 heterocycles. The maximum absolute atomic E-state index is 11.6. The van der Waals surface area contributed by atoms with Crippen molar-refractivity contribution in [3.8, 4) is 17.2 Å². The minimum Gasteiger partial charge on any atom is -0.497 e. The van der Waals surface area contributed by atoms with Crippen molar-refractivity contribution in [3.05, 3.63) is 30.1 Å². The lowest BCUT2D eigenvalue weighted by molar-refractivity contribution is -0.128. The van der Waals surface area contributed by atoms with E-state index in [0.717, 1.165) is 24.3 Å². The van der Waals surface area contributed by atoms with Gasteiger partial charge in [0.25, 0.3) is 5.89 Å². The van der Waals surface area contributed by atoms with Gasteiger partial charge in [0.1, 0.15) is 5.75 Å². The quantitative estimate of drug-likeness (QED) is 0.850. The number of ether oxygens (including phenoxy) is 1. The number of benzene rings is 1. The molecule has 0 saturated carbocycles. The third-order valence-electron chi connectivity index (χ3n) is 3.31. The highest BCUT2D eigenvalue weighted by molar-refractivity contribution is 5.77. The van der Waals surface area contributed by atoms with Gasteiger partial charge in [0, 0.05) is 18.5 Å². The molecule has 0 N–H and O–H groups in total. The second-order valence-electron chi connectivity index (χ2n) is 4.66. The molecule has 1 amide bonds. The van der Waals surface area contributed by atoms with Crippen LogP contribution in [0.2, 0.25) is 0 Å². The van der Waals surface area contributed by atoms with Crippen LogP contribution in [0.1, 0.15) is 18.7 Å². The van der Waals surface area contributed by atoms with Crippen LogP contribution in [-0.4, -0.2) is 34.6 Å². The molecule has 0 spiro atoms. The first-order valence-electron chi connectivity index (χ1n) is 6.51. The third kappa shape index (κ3) is 2.49. The van der Waals surface area contributed by atoms with Crippen molar-refractivity contribution < 1.29 is 14.1 Å². The van der Waals surface area contributed by atoms with Crippen LogP contribution in [0.3, 0.4) is 0 Å². The van der Waals surface area contributed by atoms with E-state index >= 15 is 0 Å². The van der Waals surface area contributed by atoms with Gasteiger partial charge in [-0.1, -0.05) is 5.16 Å². The summed E-state index contributed by atoms with van der Waals surface area (Å²) in [6.07, 6.45) is 1.52. The summed E-state index contributed by atoms with van der Waals surface area (Å²) < 4.78 is 10.3. The molecule has 1 saturated heterocycles. The van der Waals surface area contributed by atoms with Gasteiger partial charge in [-0.05, 0) is 30.7 Å². The smallest absolute Gasteiger partial charge is 0.257 e. The SMILES string of the molecule is COc1ccc(-c2nc(CN3CCCC3=O)no2)cc1. The Bertz CT molecular complexity index is 606. The van der Waals surface area contributed by atoms with Crippen LogP contribution in [0.5, 0.6) is 5.75 Å². The first-order valence-corrected chi connectivity index (χ1v) is 6.51. The van der Waals surface area contributed by atoms with Crippen molar-refractivity contribution in [3.63, 3.8) is 0 Å². The standard InChI is InChI=1S/C14H15N3O3/c1-19-11-6-4-10(5-7-11)14-15-12(16-20-14)9-17-8-2-3-13(17)18/h4-7H,2-3,8-9H2,1H3. The average Bonchev–Trinajstić information content (AvgIpc) is 3.10. The number of carbonyl (C=O) groups excluding carboxylic acids is 1. The van der Waals surface area contributed by atoms with E-state index in [0.29, 0.717) is 24.7 Å². The fraction of sp³-hybridized carbons (Fsp3) is 0.357. The topological polar surface area (TPSA) is 68.5 Å². The second kappa shape index (κ2) is 5.32. The third-order valence-corrected chi connectivity index (χ3v) is 3.31. The van der Waals surface area contributed by atoms with Crippen molar-refractivity contribution >= 4 is 5.91 Å². The van der Waals surface area contributed by atoms with Gasteiger partial charge in [-0.25, -0.2) is 0 Å². The summed E-state index contributed by atoms with van der Waals surface area (Å²) in [4.78, 5) is 17.6. The van der Waals surface area contributed by atoms with Crippen LogP contribution in [0.25, 0.3) is 11.5 Å². The van der Waals surface area contributed by atoms with Crippen LogP contribution >= 0.6 is 0 Å². The fourth-order valence-electron chi connectivity index (χ4n) is 2.21. The van der Waals surface area contributed by atoms with Gasteiger partial charge in [0.05, 0.1) is 13.7 Å². The van der Waals surface area contributed by atoms with E-state index in [-0.39, 0.29) is 5.91 Å². The molecule has 1 aliphatic heterocycles. The molecule has 1 fully saturated rings. The average molecular weight is 273 g/mol. The lowest BCUT2D eigenvalue weighted by atomic mass is 10.2. The van der Waals surface area contributed by atoms with Gasteiger partial charge < -0.3 is 14.2 Å². The Balaban J connectivity index is 1.73. The number of carbonyl (C=O) groups is 1. The summed E-state index contributed by atoms with van der Waals surface area (Å²) in [7, 11) is 1.62. The van der Waals surface area contributed by atoms with Crippen molar-refractivity contribution in [1.82, 2.24) is 15.0 Å². The van der Waals surface area contributed by atoms with Gasteiger partial charge in [0.2, 0.25) is 5.91 Å². The molecular weight excluding hydrogens is 258 g/mol. The molecule has 1 aliphatic rings. The maximum Gasteiger partial charge on any atom is 0.257 e. The molecule has 0 aliphatic carbocycles. The number of aromatic nitrogens is 2. The van der Waals surface area contributed by atoms with E-state index in [1.807, 2.05) is 24.3 Å². The zero-order valence-corrected chi connectivity index (χ0v) is 11.2. The van der Waals surface area contributed by atoms with E-state index in [4.69, 9.17) is 9.26 Å². The highest BCUT2D eigenvalue weighted by Crippen LogP contribution is 2.21. The van der Waals surface area contributed by atoms with Gasteiger partial charge >= 0.3 is 0 Å². The van der Waals surface area contributed by atoms with Gasteiger partial charge in [-0.15, -0.1) is 0 Å². The lowest BCUT2D eigenvalue weighted by Crippen LogP contribution is -2.24. The van der Waals surface area contributed by atoms with Crippen LogP contribution < -0.4 is 4.74 Å². The van der Waals surface area contributed by atoms with Crippen LogP contribution in [-0.2, 0) is 11.3 Å². The number of methoxy groups -OCH3 is 1. The Kier molecular flexibility index (Phi) is 3.37. The van der Waals surface area contributed by atoms with E-state index < -0.39 is 0 Å². The Labute approximate surface area is 116 Å². The Morgan fingerprint density at radius 3 is 2.80 bits per heavy atom. The Morgan fingerprint density at radius 2 is 2.15 bits per heavy atom. The van der Waals surface area contributed by atoms with E-state index in [9.17, 15) is 4.79 Å². The molecule has 0 atom stereocenters. The number of hydrogen-bond donors (Lipinski definition) is 0. The van der Waals surface area contributed by atoms with Crippen molar-refractivity contribution in [1.29, 1.82) is 0 Å². The molecule has 1 aromatic heterocycles. The number of hydrogen-bond acceptors (Lipinski definition) is 5. The largest absolute Gasteiger partial charge is 0.497 e. The molecule has 2 aromatic rings. The summed E-state index contributed by atoms with van der Waals surface area (Å²) in [5, 5.41) is 3.92. The van der Waals surface area contributed by atoms with Gasteiger partial charge in [0.15, 0.2) is 5.82 Å². The first-order chi connectivity index (χ1) is 9.76. The molecule has 104 valence electrons. The number of amides is 1. The molecule has 0 bridgehead atoms. The van der Waals surface area contributed by atoms with E-state index in [1.165, 1.54) is 0 Å². The van der Waals surface area contributed by atoms with Crippen LogP contribution in [0.15, 0.2) is 28.8 Å². The summed E-state index contributed by atoms with van der Waals surface area (Å²) in [6, 6.07) is 7.39. The molecule has 20 heavy (non-hydrogen) atoms. The van der Waals surface area contributed by atoms with Crippen molar-refractivity contribution in [2.45, 2.75) is 19.4 Å².